The van der Waals surface area contributed by atoms with Gasteiger partial charge in [0.1, 0.15) is 17.6 Å². The summed E-state index contributed by atoms with van der Waals surface area (Å²) in [6.45, 7) is 1.93. The zero-order valence-electron chi connectivity index (χ0n) is 8.08. The van der Waals surface area contributed by atoms with Crippen LogP contribution in [0.5, 0.6) is 0 Å². The van der Waals surface area contributed by atoms with E-state index in [9.17, 15) is 0 Å². The third-order valence-corrected chi connectivity index (χ3v) is 2.23. The SMILES string of the molecule is Cc1ccnc(-n2cncn2)c1C(N)=S. The molecule has 0 atom stereocenters. The predicted octanol–water partition coefficient (Wildman–Crippen LogP) is 0.605. The number of rotatable bonds is 2. The first-order valence-corrected chi connectivity index (χ1v) is 4.71. The number of hydrogen-bond acceptors (Lipinski definition) is 4. The number of nitrogens with two attached hydrogens (primary N) is 1. The summed E-state index contributed by atoms with van der Waals surface area (Å²) in [5.74, 6) is 0.611. The maximum atomic E-state index is 5.65. The highest BCUT2D eigenvalue weighted by atomic mass is 32.1. The summed E-state index contributed by atoms with van der Waals surface area (Å²) in [4.78, 5) is 8.36. The molecule has 0 aliphatic rings. The Labute approximate surface area is 92.0 Å². The number of thiocarbonyl (C=S) groups is 1. The van der Waals surface area contributed by atoms with Gasteiger partial charge in [0, 0.05) is 6.20 Å². The highest BCUT2D eigenvalue weighted by molar-refractivity contribution is 7.80. The summed E-state index contributed by atoms with van der Waals surface area (Å²) in [6.07, 6.45) is 4.69. The molecule has 0 aromatic carbocycles. The van der Waals surface area contributed by atoms with Crippen molar-refractivity contribution < 1.29 is 0 Å². The zero-order valence-corrected chi connectivity index (χ0v) is 8.90. The van der Waals surface area contributed by atoms with Crippen LogP contribution in [0.3, 0.4) is 0 Å². The molecule has 76 valence electrons. The molecular formula is C9H9N5S. The van der Waals surface area contributed by atoms with Crippen molar-refractivity contribution in [3.05, 3.63) is 36.0 Å². The van der Waals surface area contributed by atoms with Gasteiger partial charge in [-0.3, -0.25) is 0 Å². The van der Waals surface area contributed by atoms with E-state index in [2.05, 4.69) is 15.1 Å². The molecule has 2 aromatic heterocycles. The Morgan fingerprint density at radius 2 is 2.33 bits per heavy atom. The van der Waals surface area contributed by atoms with Crippen molar-refractivity contribution in [1.82, 2.24) is 19.7 Å². The summed E-state index contributed by atoms with van der Waals surface area (Å²) in [5.41, 5.74) is 7.36. The Kier molecular flexibility index (Phi) is 2.42. The van der Waals surface area contributed by atoms with Crippen molar-refractivity contribution in [3.8, 4) is 5.82 Å². The molecule has 0 bridgehead atoms. The topological polar surface area (TPSA) is 69.6 Å². The average Bonchev–Trinajstić information content (AvgIpc) is 2.69. The molecule has 2 aromatic rings. The molecule has 0 saturated heterocycles. The van der Waals surface area contributed by atoms with Gasteiger partial charge in [-0.2, -0.15) is 5.10 Å². The predicted molar refractivity (Wildman–Crippen MR) is 59.8 cm³/mol. The minimum atomic E-state index is 0.311. The summed E-state index contributed by atoms with van der Waals surface area (Å²) in [7, 11) is 0. The maximum Gasteiger partial charge on any atom is 0.165 e. The Morgan fingerprint density at radius 1 is 1.53 bits per heavy atom. The Balaban J connectivity index is 2.66. The molecule has 15 heavy (non-hydrogen) atoms. The van der Waals surface area contributed by atoms with Crippen LogP contribution >= 0.6 is 12.2 Å². The van der Waals surface area contributed by atoms with Gasteiger partial charge in [0.15, 0.2) is 5.82 Å². The van der Waals surface area contributed by atoms with E-state index in [1.165, 1.54) is 6.33 Å². The van der Waals surface area contributed by atoms with Gasteiger partial charge in [-0.1, -0.05) is 12.2 Å². The zero-order chi connectivity index (χ0) is 10.8. The second kappa shape index (κ2) is 3.74. The lowest BCUT2D eigenvalue weighted by atomic mass is 10.1. The molecule has 0 amide bonds. The molecule has 2 N–H and O–H groups in total. The van der Waals surface area contributed by atoms with Gasteiger partial charge in [0.25, 0.3) is 0 Å². The molecule has 0 saturated carbocycles. The van der Waals surface area contributed by atoms with E-state index in [1.807, 2.05) is 13.0 Å². The van der Waals surface area contributed by atoms with Crippen LogP contribution in [0.25, 0.3) is 5.82 Å². The van der Waals surface area contributed by atoms with E-state index in [1.54, 1.807) is 17.2 Å². The lowest BCUT2D eigenvalue weighted by Crippen LogP contribution is -2.16. The molecule has 5 nitrogen and oxygen atoms in total. The molecule has 6 heteroatoms. The number of aryl methyl sites for hydroxylation is 1. The quantitative estimate of drug-likeness (QED) is 0.749. The third kappa shape index (κ3) is 1.71. The molecule has 0 aliphatic heterocycles. The Hall–Kier alpha value is -1.82. The largest absolute Gasteiger partial charge is 0.389 e. The fourth-order valence-electron chi connectivity index (χ4n) is 1.34. The highest BCUT2D eigenvalue weighted by Gasteiger charge is 2.11. The summed E-state index contributed by atoms with van der Waals surface area (Å²) in [5, 5.41) is 4.00. The van der Waals surface area contributed by atoms with Crippen LogP contribution in [0, 0.1) is 6.92 Å². The van der Waals surface area contributed by atoms with Crippen LogP contribution in [-0.2, 0) is 0 Å². The minimum absolute atomic E-state index is 0.311. The van der Waals surface area contributed by atoms with Crippen LogP contribution in [0.2, 0.25) is 0 Å². The summed E-state index contributed by atoms with van der Waals surface area (Å²) in [6, 6.07) is 1.86. The molecule has 0 fully saturated rings. The van der Waals surface area contributed by atoms with Gasteiger partial charge in [0.05, 0.1) is 5.56 Å². The molecular weight excluding hydrogens is 210 g/mol. The number of nitrogens with zero attached hydrogens (tertiary/aromatic N) is 4. The van der Waals surface area contributed by atoms with Crippen molar-refractivity contribution in [3.63, 3.8) is 0 Å². The van der Waals surface area contributed by atoms with Crippen LogP contribution in [-0.4, -0.2) is 24.7 Å². The van der Waals surface area contributed by atoms with Crippen molar-refractivity contribution in [2.75, 3.05) is 0 Å². The van der Waals surface area contributed by atoms with Crippen molar-refractivity contribution in [1.29, 1.82) is 0 Å². The highest BCUT2D eigenvalue weighted by Crippen LogP contribution is 2.14. The molecule has 0 spiro atoms. The van der Waals surface area contributed by atoms with E-state index in [0.29, 0.717) is 10.8 Å². The average molecular weight is 219 g/mol. The van der Waals surface area contributed by atoms with Gasteiger partial charge >= 0.3 is 0 Å². The first-order valence-electron chi connectivity index (χ1n) is 4.30. The Morgan fingerprint density at radius 3 is 2.93 bits per heavy atom. The van der Waals surface area contributed by atoms with E-state index in [-0.39, 0.29) is 0 Å². The van der Waals surface area contributed by atoms with Gasteiger partial charge in [-0.15, -0.1) is 0 Å². The molecule has 2 rings (SSSR count). The van der Waals surface area contributed by atoms with E-state index >= 15 is 0 Å². The first kappa shape index (κ1) is 9.72. The van der Waals surface area contributed by atoms with Crippen molar-refractivity contribution >= 4 is 17.2 Å². The van der Waals surface area contributed by atoms with Gasteiger partial charge in [0.2, 0.25) is 0 Å². The van der Waals surface area contributed by atoms with Crippen molar-refractivity contribution in [2.24, 2.45) is 5.73 Å². The molecule has 0 aliphatic carbocycles. The second-order valence-corrected chi connectivity index (χ2v) is 3.47. The van der Waals surface area contributed by atoms with E-state index < -0.39 is 0 Å². The first-order chi connectivity index (χ1) is 7.20. The van der Waals surface area contributed by atoms with Crippen LogP contribution in [0.1, 0.15) is 11.1 Å². The van der Waals surface area contributed by atoms with Crippen molar-refractivity contribution in [2.45, 2.75) is 6.92 Å². The number of hydrogen-bond donors (Lipinski definition) is 1. The molecule has 0 radical (unpaired) electrons. The fraction of sp³-hybridized carbons (Fsp3) is 0.111. The fourth-order valence-corrected chi connectivity index (χ4v) is 1.59. The van der Waals surface area contributed by atoms with E-state index in [4.69, 9.17) is 18.0 Å². The third-order valence-electron chi connectivity index (χ3n) is 2.02. The van der Waals surface area contributed by atoms with Gasteiger partial charge in [-0.05, 0) is 18.6 Å². The smallest absolute Gasteiger partial charge is 0.165 e. The van der Waals surface area contributed by atoms with Crippen LogP contribution in [0.15, 0.2) is 24.9 Å². The second-order valence-electron chi connectivity index (χ2n) is 3.03. The molecule has 2 heterocycles. The lowest BCUT2D eigenvalue weighted by Gasteiger charge is -2.08. The number of aromatic nitrogens is 4. The summed E-state index contributed by atoms with van der Waals surface area (Å²) < 4.78 is 1.54. The van der Waals surface area contributed by atoms with Crippen LogP contribution in [0.4, 0.5) is 0 Å². The van der Waals surface area contributed by atoms with E-state index in [0.717, 1.165) is 11.1 Å². The standard InChI is InChI=1S/C9H9N5S/c1-6-2-3-12-9(7(6)8(10)15)14-5-11-4-13-14/h2-5H,1H3,(H2,10,15). The van der Waals surface area contributed by atoms with Crippen LogP contribution < -0.4 is 5.73 Å². The normalized spacial score (nSPS) is 10.2. The maximum absolute atomic E-state index is 5.65. The monoisotopic (exact) mass is 219 g/mol. The molecule has 0 unspecified atom stereocenters. The lowest BCUT2D eigenvalue weighted by molar-refractivity contribution is 0.841. The minimum Gasteiger partial charge on any atom is -0.389 e. The van der Waals surface area contributed by atoms with Gasteiger partial charge in [-0.25, -0.2) is 14.6 Å². The van der Waals surface area contributed by atoms with Gasteiger partial charge < -0.3 is 5.73 Å². The summed E-state index contributed by atoms with van der Waals surface area (Å²) >= 11 is 4.99. The number of pyridine rings is 1. The Bertz CT molecular complexity index is 491.